The number of carboxylic acids is 1. The van der Waals surface area contributed by atoms with E-state index in [9.17, 15) is 14.7 Å². The summed E-state index contributed by atoms with van der Waals surface area (Å²) in [5, 5.41) is 12.2. The maximum atomic E-state index is 12.3. The molecule has 0 aromatic rings. The number of hydrogen-bond acceptors (Lipinski definition) is 3. The number of aliphatic carboxylic acids is 1. The third kappa shape index (κ3) is 3.43. The summed E-state index contributed by atoms with van der Waals surface area (Å²) in [5.41, 5.74) is -1.95. The standard InChI is InChI=1S/C12H24N2O3/c1-7-13-11(3,4)9(15)14(8-2)12(5,6)10(16)17/h13H,7-8H2,1-6H3,(H,16,17). The summed E-state index contributed by atoms with van der Waals surface area (Å²) in [7, 11) is 0. The molecule has 0 saturated carbocycles. The highest BCUT2D eigenvalue weighted by molar-refractivity contribution is 5.91. The Balaban J connectivity index is 5.15. The highest BCUT2D eigenvalue weighted by Gasteiger charge is 2.42. The van der Waals surface area contributed by atoms with E-state index in [1.165, 1.54) is 4.90 Å². The van der Waals surface area contributed by atoms with Crippen LogP contribution in [0.5, 0.6) is 0 Å². The first-order valence-electron chi connectivity index (χ1n) is 5.91. The summed E-state index contributed by atoms with van der Waals surface area (Å²) in [4.78, 5) is 24.9. The molecule has 0 radical (unpaired) electrons. The Labute approximate surface area is 103 Å². The Bertz CT molecular complexity index is 298. The second-order valence-electron chi connectivity index (χ2n) is 5.07. The molecule has 0 spiro atoms. The molecule has 0 rings (SSSR count). The number of carboxylic acid groups (broad SMARTS) is 1. The van der Waals surface area contributed by atoms with Gasteiger partial charge in [-0.1, -0.05) is 6.92 Å². The first-order chi connectivity index (χ1) is 7.61. The molecule has 0 aromatic carbocycles. The molecular formula is C12H24N2O3. The van der Waals surface area contributed by atoms with E-state index in [1.54, 1.807) is 34.6 Å². The van der Waals surface area contributed by atoms with Crippen LogP contribution in [0.4, 0.5) is 0 Å². The first kappa shape index (κ1) is 15.9. The minimum atomic E-state index is -1.20. The van der Waals surface area contributed by atoms with Gasteiger partial charge in [0.2, 0.25) is 5.91 Å². The van der Waals surface area contributed by atoms with Gasteiger partial charge >= 0.3 is 5.97 Å². The average molecular weight is 244 g/mol. The summed E-state index contributed by atoms with van der Waals surface area (Å²) in [6, 6.07) is 0. The van der Waals surface area contributed by atoms with Crippen LogP contribution in [-0.4, -0.2) is 46.1 Å². The summed E-state index contributed by atoms with van der Waals surface area (Å²) < 4.78 is 0. The van der Waals surface area contributed by atoms with Gasteiger partial charge in [-0.25, -0.2) is 4.79 Å². The van der Waals surface area contributed by atoms with Crippen molar-refractivity contribution in [2.75, 3.05) is 13.1 Å². The fourth-order valence-corrected chi connectivity index (χ4v) is 1.76. The van der Waals surface area contributed by atoms with Gasteiger partial charge in [-0.2, -0.15) is 0 Å². The van der Waals surface area contributed by atoms with Crippen molar-refractivity contribution in [2.45, 2.75) is 52.6 Å². The zero-order valence-electron chi connectivity index (χ0n) is 11.6. The van der Waals surface area contributed by atoms with Gasteiger partial charge in [-0.15, -0.1) is 0 Å². The highest BCUT2D eigenvalue weighted by atomic mass is 16.4. The lowest BCUT2D eigenvalue weighted by molar-refractivity contribution is -0.159. The molecule has 5 nitrogen and oxygen atoms in total. The van der Waals surface area contributed by atoms with Crippen molar-refractivity contribution in [2.24, 2.45) is 0 Å². The van der Waals surface area contributed by atoms with E-state index >= 15 is 0 Å². The van der Waals surface area contributed by atoms with Gasteiger partial charge in [0.05, 0.1) is 5.54 Å². The van der Waals surface area contributed by atoms with Crippen molar-refractivity contribution < 1.29 is 14.7 Å². The summed E-state index contributed by atoms with van der Waals surface area (Å²) in [6.07, 6.45) is 0. The number of nitrogens with zero attached hydrogens (tertiary/aromatic N) is 1. The molecule has 0 heterocycles. The number of hydrogen-bond donors (Lipinski definition) is 2. The summed E-state index contributed by atoms with van der Waals surface area (Å²) in [6.45, 7) is 11.3. The van der Waals surface area contributed by atoms with Crippen LogP contribution in [0.2, 0.25) is 0 Å². The van der Waals surface area contributed by atoms with E-state index in [2.05, 4.69) is 5.32 Å². The highest BCUT2D eigenvalue weighted by Crippen LogP contribution is 2.19. The third-order valence-corrected chi connectivity index (χ3v) is 2.91. The molecule has 5 heteroatoms. The summed E-state index contributed by atoms with van der Waals surface area (Å²) in [5.74, 6) is -1.20. The van der Waals surface area contributed by atoms with Crippen LogP contribution in [-0.2, 0) is 9.59 Å². The molecule has 0 bridgehead atoms. The fraction of sp³-hybridized carbons (Fsp3) is 0.833. The van der Waals surface area contributed by atoms with E-state index < -0.39 is 17.0 Å². The lowest BCUT2D eigenvalue weighted by Crippen LogP contribution is -2.61. The molecule has 0 atom stereocenters. The smallest absolute Gasteiger partial charge is 0.329 e. The van der Waals surface area contributed by atoms with E-state index in [0.29, 0.717) is 13.1 Å². The number of nitrogens with one attached hydrogen (secondary N) is 1. The minimum Gasteiger partial charge on any atom is -0.480 e. The van der Waals surface area contributed by atoms with E-state index in [-0.39, 0.29) is 5.91 Å². The first-order valence-corrected chi connectivity index (χ1v) is 5.91. The molecule has 17 heavy (non-hydrogen) atoms. The number of carbonyl (C=O) groups is 2. The number of amides is 1. The molecule has 0 unspecified atom stereocenters. The van der Waals surface area contributed by atoms with E-state index in [0.717, 1.165) is 0 Å². The molecule has 0 aliphatic carbocycles. The average Bonchev–Trinajstić information content (AvgIpc) is 2.17. The quantitative estimate of drug-likeness (QED) is 0.733. The normalized spacial score (nSPS) is 12.4. The van der Waals surface area contributed by atoms with Crippen molar-refractivity contribution in [3.8, 4) is 0 Å². The van der Waals surface area contributed by atoms with Crippen LogP contribution in [0.25, 0.3) is 0 Å². The number of rotatable bonds is 6. The fourth-order valence-electron chi connectivity index (χ4n) is 1.76. The van der Waals surface area contributed by atoms with Crippen LogP contribution in [0, 0.1) is 0 Å². The van der Waals surface area contributed by atoms with Gasteiger partial charge in [0.15, 0.2) is 0 Å². The van der Waals surface area contributed by atoms with Crippen LogP contribution >= 0.6 is 0 Å². The molecule has 100 valence electrons. The second-order valence-corrected chi connectivity index (χ2v) is 5.07. The van der Waals surface area contributed by atoms with Crippen LogP contribution in [0.3, 0.4) is 0 Å². The Morgan fingerprint density at radius 2 is 1.65 bits per heavy atom. The Hall–Kier alpha value is -1.10. The van der Waals surface area contributed by atoms with E-state index in [1.807, 2.05) is 6.92 Å². The molecule has 0 fully saturated rings. The molecule has 1 amide bonds. The molecule has 2 N–H and O–H groups in total. The maximum Gasteiger partial charge on any atom is 0.329 e. The van der Waals surface area contributed by atoms with Gasteiger partial charge in [0.1, 0.15) is 5.54 Å². The predicted molar refractivity (Wildman–Crippen MR) is 66.9 cm³/mol. The minimum absolute atomic E-state index is 0.200. The van der Waals surface area contributed by atoms with Crippen molar-refractivity contribution in [1.82, 2.24) is 10.2 Å². The van der Waals surface area contributed by atoms with Gasteiger partial charge in [-0.3, -0.25) is 4.79 Å². The largest absolute Gasteiger partial charge is 0.480 e. The molecular weight excluding hydrogens is 220 g/mol. The monoisotopic (exact) mass is 244 g/mol. The lowest BCUT2D eigenvalue weighted by Gasteiger charge is -2.39. The maximum absolute atomic E-state index is 12.3. The van der Waals surface area contributed by atoms with Gasteiger partial charge < -0.3 is 15.3 Å². The molecule has 0 aromatic heterocycles. The van der Waals surface area contributed by atoms with Gasteiger partial charge in [0.25, 0.3) is 0 Å². The predicted octanol–water partition coefficient (Wildman–Crippen LogP) is 1.09. The van der Waals surface area contributed by atoms with Crippen molar-refractivity contribution >= 4 is 11.9 Å². The van der Waals surface area contributed by atoms with Crippen molar-refractivity contribution in [3.05, 3.63) is 0 Å². The Morgan fingerprint density at radius 1 is 1.18 bits per heavy atom. The summed E-state index contributed by atoms with van der Waals surface area (Å²) >= 11 is 0. The molecule has 0 aliphatic rings. The SMILES string of the molecule is CCNC(C)(C)C(=O)N(CC)C(C)(C)C(=O)O. The molecule has 0 aliphatic heterocycles. The second kappa shape index (κ2) is 5.49. The third-order valence-electron chi connectivity index (χ3n) is 2.91. The zero-order chi connectivity index (χ0) is 13.9. The Morgan fingerprint density at radius 3 is 1.94 bits per heavy atom. The van der Waals surface area contributed by atoms with Crippen LogP contribution in [0.15, 0.2) is 0 Å². The van der Waals surface area contributed by atoms with Crippen LogP contribution in [0.1, 0.15) is 41.5 Å². The van der Waals surface area contributed by atoms with Crippen molar-refractivity contribution in [3.63, 3.8) is 0 Å². The number of likely N-dealkylation sites (N-methyl/N-ethyl adjacent to an activating group) is 2. The topological polar surface area (TPSA) is 69.6 Å². The van der Waals surface area contributed by atoms with Crippen LogP contribution < -0.4 is 5.32 Å². The van der Waals surface area contributed by atoms with Crippen molar-refractivity contribution in [1.29, 1.82) is 0 Å². The lowest BCUT2D eigenvalue weighted by atomic mass is 9.96. The van der Waals surface area contributed by atoms with Gasteiger partial charge in [0, 0.05) is 6.54 Å². The Kier molecular flexibility index (Phi) is 5.13. The number of carbonyl (C=O) groups excluding carboxylic acids is 1. The van der Waals surface area contributed by atoms with Gasteiger partial charge in [-0.05, 0) is 41.2 Å². The van der Waals surface area contributed by atoms with E-state index in [4.69, 9.17) is 0 Å². The zero-order valence-corrected chi connectivity index (χ0v) is 11.6. The molecule has 0 saturated heterocycles.